The van der Waals surface area contributed by atoms with E-state index < -0.39 is 0 Å². The Morgan fingerprint density at radius 1 is 1.26 bits per heavy atom. The summed E-state index contributed by atoms with van der Waals surface area (Å²) in [6.45, 7) is 0.551. The summed E-state index contributed by atoms with van der Waals surface area (Å²) in [5, 5.41) is 0.556. The average molecular weight is 294 g/mol. The monoisotopic (exact) mass is 293 g/mol. The Bertz CT molecular complexity index is 711. The number of hydrogen-bond donors (Lipinski definition) is 0. The molecule has 7 heteroatoms. The van der Waals surface area contributed by atoms with Gasteiger partial charge in [-0.05, 0) is 12.1 Å². The highest BCUT2D eigenvalue weighted by Gasteiger charge is 2.12. The van der Waals surface area contributed by atoms with Gasteiger partial charge in [-0.15, -0.1) is 11.6 Å². The third-order valence-electron chi connectivity index (χ3n) is 2.71. The van der Waals surface area contributed by atoms with Gasteiger partial charge in [-0.25, -0.2) is 19.9 Å². The first-order chi connectivity index (χ1) is 9.28. The molecule has 3 aromatic heterocycles. The molecular weight excluding hydrogens is 285 g/mol. The van der Waals surface area contributed by atoms with Gasteiger partial charge in [-0.3, -0.25) is 0 Å². The van der Waals surface area contributed by atoms with Crippen molar-refractivity contribution in [1.82, 2.24) is 24.5 Å². The molecule has 3 heterocycles. The molecule has 96 valence electrons. The summed E-state index contributed by atoms with van der Waals surface area (Å²) in [6.07, 6.45) is 4.81. The van der Waals surface area contributed by atoms with Crippen LogP contribution >= 0.6 is 23.2 Å². The van der Waals surface area contributed by atoms with Crippen LogP contribution in [0.4, 0.5) is 0 Å². The van der Waals surface area contributed by atoms with E-state index in [1.807, 2.05) is 10.6 Å². The predicted molar refractivity (Wildman–Crippen MR) is 73.2 cm³/mol. The Balaban J connectivity index is 2.11. The van der Waals surface area contributed by atoms with Gasteiger partial charge in [0, 0.05) is 12.4 Å². The Morgan fingerprint density at radius 3 is 2.89 bits per heavy atom. The van der Waals surface area contributed by atoms with E-state index >= 15 is 0 Å². The normalized spacial score (nSPS) is 11.1. The van der Waals surface area contributed by atoms with Gasteiger partial charge in [-0.1, -0.05) is 11.6 Å². The van der Waals surface area contributed by atoms with E-state index in [2.05, 4.69) is 19.9 Å². The molecule has 0 N–H and O–H groups in total. The lowest BCUT2D eigenvalue weighted by molar-refractivity contribution is 0.747. The van der Waals surface area contributed by atoms with Gasteiger partial charge in [0.1, 0.15) is 17.7 Å². The fourth-order valence-corrected chi connectivity index (χ4v) is 2.23. The number of fused-ring (bicyclic) bond motifs is 1. The average Bonchev–Trinajstić information content (AvgIpc) is 2.77. The summed E-state index contributed by atoms with van der Waals surface area (Å²) >= 11 is 11.9. The topological polar surface area (TPSA) is 56.5 Å². The van der Waals surface area contributed by atoms with E-state index in [1.54, 1.807) is 18.5 Å². The molecule has 3 rings (SSSR count). The van der Waals surface area contributed by atoms with Crippen LogP contribution in [0.5, 0.6) is 0 Å². The zero-order valence-electron chi connectivity index (χ0n) is 9.79. The summed E-state index contributed by atoms with van der Waals surface area (Å²) < 4.78 is 1.93. The highest BCUT2D eigenvalue weighted by Crippen LogP contribution is 2.19. The third-order valence-corrected chi connectivity index (χ3v) is 3.16. The minimum Gasteiger partial charge on any atom is -0.306 e. The molecule has 0 unspecified atom stereocenters. The summed E-state index contributed by atoms with van der Waals surface area (Å²) in [4.78, 5) is 16.8. The van der Waals surface area contributed by atoms with Gasteiger partial charge >= 0.3 is 0 Å². The lowest BCUT2D eigenvalue weighted by atomic mass is 10.4. The maximum atomic E-state index is 5.93. The second-order valence-corrected chi connectivity index (χ2v) is 4.65. The van der Waals surface area contributed by atoms with Crippen LogP contribution in [0.15, 0.2) is 30.9 Å². The fourth-order valence-electron chi connectivity index (χ4n) is 1.88. The van der Waals surface area contributed by atoms with Crippen molar-refractivity contribution in [3.63, 3.8) is 0 Å². The summed E-state index contributed by atoms with van der Waals surface area (Å²) in [5.41, 5.74) is 2.35. The molecule has 19 heavy (non-hydrogen) atoms. The molecule has 0 aliphatic rings. The van der Waals surface area contributed by atoms with E-state index in [4.69, 9.17) is 23.2 Å². The Kier molecular flexibility index (Phi) is 3.31. The molecule has 5 nitrogen and oxygen atoms in total. The molecule has 0 aliphatic carbocycles. The highest BCUT2D eigenvalue weighted by molar-refractivity contribution is 6.31. The number of alkyl halides is 1. The number of imidazole rings is 1. The molecule has 0 aromatic carbocycles. The zero-order chi connectivity index (χ0) is 13.2. The van der Waals surface area contributed by atoms with Crippen molar-refractivity contribution < 1.29 is 0 Å². The van der Waals surface area contributed by atoms with Crippen molar-refractivity contribution in [2.75, 3.05) is 0 Å². The van der Waals surface area contributed by atoms with Crippen LogP contribution in [0.3, 0.4) is 0 Å². The number of rotatable bonds is 3. The smallest absolute Gasteiger partial charge is 0.160 e. The number of halogens is 2. The van der Waals surface area contributed by atoms with E-state index in [0.717, 1.165) is 22.7 Å². The summed E-state index contributed by atoms with van der Waals surface area (Å²) in [5.74, 6) is 1.05. The quantitative estimate of drug-likeness (QED) is 0.697. The van der Waals surface area contributed by atoms with Crippen LogP contribution in [-0.2, 0) is 12.4 Å². The maximum absolute atomic E-state index is 5.93. The van der Waals surface area contributed by atoms with Gasteiger partial charge < -0.3 is 4.57 Å². The lowest BCUT2D eigenvalue weighted by Crippen LogP contribution is -2.06. The molecule has 0 saturated carbocycles. The largest absolute Gasteiger partial charge is 0.306 e. The van der Waals surface area contributed by atoms with Crippen molar-refractivity contribution in [2.45, 2.75) is 12.4 Å². The highest BCUT2D eigenvalue weighted by atomic mass is 35.5. The van der Waals surface area contributed by atoms with Crippen molar-refractivity contribution in [2.24, 2.45) is 0 Å². The first-order valence-electron chi connectivity index (χ1n) is 5.59. The fraction of sp³-hybridized carbons (Fsp3) is 0.167. The summed E-state index contributed by atoms with van der Waals surface area (Å²) in [6, 6.07) is 3.62. The molecule has 0 saturated heterocycles. The third kappa shape index (κ3) is 2.39. The molecule has 0 atom stereocenters. The van der Waals surface area contributed by atoms with Crippen LogP contribution in [-0.4, -0.2) is 24.5 Å². The van der Waals surface area contributed by atoms with Gasteiger partial charge in [-0.2, -0.15) is 0 Å². The van der Waals surface area contributed by atoms with Crippen LogP contribution in [0, 0.1) is 0 Å². The Hall–Kier alpha value is -1.72. The number of aromatic nitrogens is 5. The van der Waals surface area contributed by atoms with E-state index in [1.165, 1.54) is 6.33 Å². The number of hydrogen-bond acceptors (Lipinski definition) is 4. The molecular formula is C12H9Cl2N5. The Labute approximate surface area is 119 Å². The van der Waals surface area contributed by atoms with Crippen molar-refractivity contribution in [3.05, 3.63) is 47.4 Å². The van der Waals surface area contributed by atoms with Crippen molar-refractivity contribution in [3.8, 4) is 0 Å². The van der Waals surface area contributed by atoms with E-state index in [0.29, 0.717) is 17.4 Å². The minimum absolute atomic E-state index is 0.305. The minimum atomic E-state index is 0.305. The molecule has 0 radical (unpaired) electrons. The van der Waals surface area contributed by atoms with Gasteiger partial charge in [0.05, 0.1) is 23.1 Å². The van der Waals surface area contributed by atoms with E-state index in [-0.39, 0.29) is 0 Å². The SMILES string of the molecule is ClCc1nc2cc(Cl)cnc2n1Cc1ccncn1. The van der Waals surface area contributed by atoms with Gasteiger partial charge in [0.2, 0.25) is 0 Å². The Morgan fingerprint density at radius 2 is 2.16 bits per heavy atom. The standard InChI is InChI=1S/C12H9Cl2N5/c13-4-11-18-10-3-8(14)5-16-12(10)19(11)6-9-1-2-15-7-17-9/h1-3,5,7H,4,6H2. The molecule has 0 bridgehead atoms. The van der Waals surface area contributed by atoms with Crippen LogP contribution in [0.2, 0.25) is 5.02 Å². The van der Waals surface area contributed by atoms with Crippen molar-refractivity contribution in [1.29, 1.82) is 0 Å². The number of pyridine rings is 1. The zero-order valence-corrected chi connectivity index (χ0v) is 11.3. The van der Waals surface area contributed by atoms with Gasteiger partial charge in [0.15, 0.2) is 5.65 Å². The second kappa shape index (κ2) is 5.11. The second-order valence-electron chi connectivity index (χ2n) is 3.94. The molecule has 0 spiro atoms. The van der Waals surface area contributed by atoms with Crippen molar-refractivity contribution >= 4 is 34.4 Å². The molecule has 3 aromatic rings. The van der Waals surface area contributed by atoms with Crippen LogP contribution in [0.25, 0.3) is 11.2 Å². The van der Waals surface area contributed by atoms with E-state index in [9.17, 15) is 0 Å². The summed E-state index contributed by atoms with van der Waals surface area (Å²) in [7, 11) is 0. The maximum Gasteiger partial charge on any atom is 0.160 e. The molecule has 0 amide bonds. The first-order valence-corrected chi connectivity index (χ1v) is 6.50. The molecule has 0 aliphatic heterocycles. The van der Waals surface area contributed by atoms with Gasteiger partial charge in [0.25, 0.3) is 0 Å². The number of nitrogens with zero attached hydrogens (tertiary/aromatic N) is 5. The first kappa shape index (κ1) is 12.3. The molecule has 0 fully saturated rings. The predicted octanol–water partition coefficient (Wildman–Crippen LogP) is 2.66. The lowest BCUT2D eigenvalue weighted by Gasteiger charge is -2.05. The van der Waals surface area contributed by atoms with Crippen LogP contribution in [0.1, 0.15) is 11.5 Å². The van der Waals surface area contributed by atoms with Crippen LogP contribution < -0.4 is 0 Å².